The summed E-state index contributed by atoms with van der Waals surface area (Å²) < 4.78 is 9.77. The summed E-state index contributed by atoms with van der Waals surface area (Å²) in [5, 5.41) is 16.1. The zero-order valence-corrected chi connectivity index (χ0v) is 8.49. The number of hydrogen-bond acceptors (Lipinski definition) is 5. The van der Waals surface area contributed by atoms with Crippen molar-refractivity contribution in [3.63, 3.8) is 0 Å². The van der Waals surface area contributed by atoms with Crippen LogP contribution in [-0.2, 0) is 11.3 Å². The van der Waals surface area contributed by atoms with Crippen molar-refractivity contribution in [2.75, 3.05) is 20.3 Å². The van der Waals surface area contributed by atoms with E-state index in [-0.39, 0.29) is 0 Å². The molecule has 0 saturated heterocycles. The molecule has 0 saturated carbocycles. The maximum absolute atomic E-state index is 9.30. The molecule has 5 nitrogen and oxygen atoms in total. The number of ether oxygens (including phenoxy) is 1. The number of aliphatic hydroxyl groups is 1. The smallest absolute Gasteiger partial charge is 0.150 e. The van der Waals surface area contributed by atoms with E-state index in [4.69, 9.17) is 9.26 Å². The van der Waals surface area contributed by atoms with Gasteiger partial charge in [0.15, 0.2) is 5.76 Å². The molecule has 1 unspecified atom stereocenters. The second-order valence-electron chi connectivity index (χ2n) is 3.17. The Kier molecular flexibility index (Phi) is 4.58. The summed E-state index contributed by atoms with van der Waals surface area (Å²) in [6, 6.07) is 1.86. The van der Waals surface area contributed by atoms with Crippen molar-refractivity contribution in [3.8, 4) is 0 Å². The third kappa shape index (κ3) is 3.87. The topological polar surface area (TPSA) is 67.5 Å². The van der Waals surface area contributed by atoms with Crippen molar-refractivity contribution in [2.24, 2.45) is 0 Å². The van der Waals surface area contributed by atoms with Crippen LogP contribution in [0, 0.1) is 6.92 Å². The molecule has 1 heterocycles. The van der Waals surface area contributed by atoms with Crippen LogP contribution in [0.5, 0.6) is 0 Å². The maximum Gasteiger partial charge on any atom is 0.150 e. The van der Waals surface area contributed by atoms with E-state index in [1.807, 2.05) is 13.0 Å². The Labute approximate surface area is 83.0 Å². The highest BCUT2D eigenvalue weighted by Crippen LogP contribution is 2.00. The molecule has 0 radical (unpaired) electrons. The van der Waals surface area contributed by atoms with Crippen LogP contribution in [-0.4, -0.2) is 36.6 Å². The zero-order chi connectivity index (χ0) is 10.4. The first kappa shape index (κ1) is 11.2. The van der Waals surface area contributed by atoms with Crippen molar-refractivity contribution >= 4 is 0 Å². The molecule has 0 spiro atoms. The van der Waals surface area contributed by atoms with E-state index in [2.05, 4.69) is 10.5 Å². The van der Waals surface area contributed by atoms with E-state index in [9.17, 15) is 5.11 Å². The molecule has 80 valence electrons. The number of rotatable bonds is 6. The predicted octanol–water partition coefficient (Wildman–Crippen LogP) is 0.0799. The van der Waals surface area contributed by atoms with Crippen molar-refractivity contribution in [3.05, 3.63) is 17.5 Å². The second kappa shape index (κ2) is 5.74. The van der Waals surface area contributed by atoms with Gasteiger partial charge in [0.05, 0.1) is 24.9 Å². The fourth-order valence-electron chi connectivity index (χ4n) is 1.11. The van der Waals surface area contributed by atoms with E-state index >= 15 is 0 Å². The van der Waals surface area contributed by atoms with Gasteiger partial charge in [0.25, 0.3) is 0 Å². The Bertz CT molecular complexity index is 262. The summed E-state index contributed by atoms with van der Waals surface area (Å²) >= 11 is 0. The van der Waals surface area contributed by atoms with Gasteiger partial charge in [-0.2, -0.15) is 0 Å². The lowest BCUT2D eigenvalue weighted by Crippen LogP contribution is -2.29. The fourth-order valence-corrected chi connectivity index (χ4v) is 1.11. The molecule has 1 aromatic heterocycles. The predicted molar refractivity (Wildman–Crippen MR) is 50.8 cm³/mol. The lowest BCUT2D eigenvalue weighted by Gasteiger charge is -2.08. The van der Waals surface area contributed by atoms with Crippen LogP contribution < -0.4 is 5.32 Å². The van der Waals surface area contributed by atoms with E-state index < -0.39 is 6.10 Å². The minimum absolute atomic E-state index is 0.336. The van der Waals surface area contributed by atoms with Crippen molar-refractivity contribution in [1.82, 2.24) is 10.5 Å². The second-order valence-corrected chi connectivity index (χ2v) is 3.17. The maximum atomic E-state index is 9.30. The summed E-state index contributed by atoms with van der Waals surface area (Å²) in [5.41, 5.74) is 0.860. The van der Waals surface area contributed by atoms with Crippen LogP contribution in [0.4, 0.5) is 0 Å². The Morgan fingerprint density at radius 1 is 1.71 bits per heavy atom. The molecule has 2 N–H and O–H groups in total. The molecular formula is C9H16N2O3. The van der Waals surface area contributed by atoms with Gasteiger partial charge in [-0.1, -0.05) is 5.16 Å². The van der Waals surface area contributed by atoms with Gasteiger partial charge in [-0.05, 0) is 6.92 Å². The Hall–Kier alpha value is -0.910. The number of nitrogens with zero attached hydrogens (tertiary/aromatic N) is 1. The minimum atomic E-state index is -0.482. The number of aliphatic hydroxyl groups excluding tert-OH is 1. The Morgan fingerprint density at radius 3 is 3.07 bits per heavy atom. The minimum Gasteiger partial charge on any atom is -0.389 e. The van der Waals surface area contributed by atoms with Crippen LogP contribution in [0.15, 0.2) is 10.6 Å². The zero-order valence-electron chi connectivity index (χ0n) is 8.49. The van der Waals surface area contributed by atoms with Crippen LogP contribution in [0.1, 0.15) is 11.5 Å². The number of aryl methyl sites for hydroxylation is 1. The third-order valence-electron chi connectivity index (χ3n) is 1.72. The van der Waals surface area contributed by atoms with Gasteiger partial charge in [0.1, 0.15) is 0 Å². The van der Waals surface area contributed by atoms with Gasteiger partial charge >= 0.3 is 0 Å². The highest BCUT2D eigenvalue weighted by atomic mass is 16.5. The van der Waals surface area contributed by atoms with Gasteiger partial charge in [-0.3, -0.25) is 0 Å². The van der Waals surface area contributed by atoms with E-state index in [1.165, 1.54) is 0 Å². The lowest BCUT2D eigenvalue weighted by molar-refractivity contribution is 0.0640. The highest BCUT2D eigenvalue weighted by Gasteiger charge is 2.04. The first-order chi connectivity index (χ1) is 6.72. The average Bonchev–Trinajstić information content (AvgIpc) is 2.52. The molecule has 5 heteroatoms. The molecule has 0 aliphatic heterocycles. The van der Waals surface area contributed by atoms with Crippen LogP contribution >= 0.6 is 0 Å². The summed E-state index contributed by atoms with van der Waals surface area (Å²) in [6.07, 6.45) is -0.482. The van der Waals surface area contributed by atoms with Gasteiger partial charge < -0.3 is 19.7 Å². The van der Waals surface area contributed by atoms with Gasteiger partial charge in [0.2, 0.25) is 0 Å². The molecule has 0 fully saturated rings. The molecule has 1 aromatic rings. The number of hydrogen-bond donors (Lipinski definition) is 2. The normalized spacial score (nSPS) is 13.1. The Balaban J connectivity index is 2.15. The Morgan fingerprint density at radius 2 is 2.50 bits per heavy atom. The summed E-state index contributed by atoms with van der Waals surface area (Å²) in [5.74, 6) is 0.770. The van der Waals surface area contributed by atoms with Gasteiger partial charge in [-0.25, -0.2) is 0 Å². The molecule has 14 heavy (non-hydrogen) atoms. The summed E-state index contributed by atoms with van der Waals surface area (Å²) in [4.78, 5) is 0. The largest absolute Gasteiger partial charge is 0.389 e. The van der Waals surface area contributed by atoms with E-state index in [1.54, 1.807) is 7.11 Å². The fraction of sp³-hybridized carbons (Fsp3) is 0.667. The van der Waals surface area contributed by atoms with Gasteiger partial charge in [-0.15, -0.1) is 0 Å². The van der Waals surface area contributed by atoms with Crippen molar-refractivity contribution < 1.29 is 14.4 Å². The van der Waals surface area contributed by atoms with Crippen molar-refractivity contribution in [2.45, 2.75) is 19.6 Å². The van der Waals surface area contributed by atoms with Gasteiger partial charge in [0, 0.05) is 19.7 Å². The van der Waals surface area contributed by atoms with Crippen LogP contribution in [0.25, 0.3) is 0 Å². The van der Waals surface area contributed by atoms with Crippen molar-refractivity contribution in [1.29, 1.82) is 0 Å². The molecule has 0 aliphatic rings. The molecule has 0 amide bonds. The molecule has 1 atom stereocenters. The lowest BCUT2D eigenvalue weighted by atomic mass is 10.3. The molecule has 0 bridgehead atoms. The first-order valence-electron chi connectivity index (χ1n) is 4.52. The molecular weight excluding hydrogens is 184 g/mol. The SMILES string of the molecule is COCC(O)CNCc1cc(C)no1. The quantitative estimate of drug-likeness (QED) is 0.680. The third-order valence-corrected chi connectivity index (χ3v) is 1.72. The number of aromatic nitrogens is 1. The molecule has 0 aromatic carbocycles. The molecule has 0 aliphatic carbocycles. The first-order valence-corrected chi connectivity index (χ1v) is 4.52. The highest BCUT2D eigenvalue weighted by molar-refractivity contribution is 5.02. The number of nitrogens with one attached hydrogen (secondary N) is 1. The van der Waals surface area contributed by atoms with Crippen LogP contribution in [0.3, 0.4) is 0 Å². The number of methoxy groups -OCH3 is 1. The average molecular weight is 200 g/mol. The van der Waals surface area contributed by atoms with E-state index in [0.717, 1.165) is 11.5 Å². The summed E-state index contributed by atoms with van der Waals surface area (Å²) in [6.45, 7) is 3.25. The molecule has 1 rings (SSSR count). The van der Waals surface area contributed by atoms with Crippen LogP contribution in [0.2, 0.25) is 0 Å². The standard InChI is InChI=1S/C9H16N2O3/c1-7-3-9(14-11-7)5-10-4-8(12)6-13-2/h3,8,10,12H,4-6H2,1-2H3. The monoisotopic (exact) mass is 200 g/mol. The summed E-state index contributed by atoms with van der Waals surface area (Å²) in [7, 11) is 1.56. The van der Waals surface area contributed by atoms with E-state index in [0.29, 0.717) is 19.7 Å².